The Bertz CT molecular complexity index is 854. The van der Waals surface area contributed by atoms with Crippen LogP contribution in [0.15, 0.2) is 34.7 Å². The van der Waals surface area contributed by atoms with E-state index in [0.29, 0.717) is 12.1 Å². The lowest BCUT2D eigenvalue weighted by molar-refractivity contribution is -0.143. The quantitative estimate of drug-likeness (QED) is 0.605. The number of allylic oxidation sites excluding steroid dienone is 2. The highest BCUT2D eigenvalue weighted by Crippen LogP contribution is 2.41. The molecule has 1 heterocycles. The second-order valence-corrected chi connectivity index (χ2v) is 6.35. The second kappa shape index (κ2) is 8.45. The first kappa shape index (κ1) is 21.5. The van der Waals surface area contributed by atoms with Crippen LogP contribution in [0.5, 0.6) is 0 Å². The van der Waals surface area contributed by atoms with Crippen molar-refractivity contribution in [2.24, 2.45) is 0 Å². The van der Waals surface area contributed by atoms with Gasteiger partial charge in [0.2, 0.25) is 0 Å². The Morgan fingerprint density at radius 1 is 1.11 bits per heavy atom. The molecule has 9 heteroatoms. The van der Waals surface area contributed by atoms with E-state index in [2.05, 4.69) is 10.1 Å². The molecule has 0 bridgehead atoms. The van der Waals surface area contributed by atoms with Crippen LogP contribution in [0.1, 0.15) is 32.3 Å². The number of benzene rings is 1. The van der Waals surface area contributed by atoms with Crippen LogP contribution in [0.25, 0.3) is 0 Å². The molecule has 1 atom stereocenters. The number of hydrogen-bond donors (Lipinski definition) is 1. The zero-order valence-corrected chi connectivity index (χ0v) is 15.7. The molecule has 1 aliphatic rings. The molecule has 1 N–H and O–H groups in total. The normalized spacial score (nSPS) is 17.0. The monoisotopic (exact) mass is 401 g/mol. The van der Waals surface area contributed by atoms with Crippen LogP contribution in [-0.2, 0) is 19.1 Å². The molecule has 0 aliphatic carbocycles. The summed E-state index contributed by atoms with van der Waals surface area (Å²) in [6.07, 6.45) is -0.579. The first-order valence-electron chi connectivity index (χ1n) is 8.32. The van der Waals surface area contributed by atoms with Crippen LogP contribution in [0.2, 0.25) is 0 Å². The third-order valence-corrected chi connectivity index (χ3v) is 4.08. The molecular formula is C19H19F4NO4. The number of nitrogens with one attached hydrogen (secondary N) is 1. The number of carbonyl (C=O) groups is 2. The summed E-state index contributed by atoms with van der Waals surface area (Å²) < 4.78 is 65.8. The van der Waals surface area contributed by atoms with E-state index in [0.717, 1.165) is 7.11 Å². The molecular weight excluding hydrogens is 382 g/mol. The fourth-order valence-electron chi connectivity index (χ4n) is 3.02. The SMILES string of the molecule is COC(=O)C1=C(CF)NC(C)=C(C(=O)OC(C)C)C1c1c(F)cc(F)cc1F. The molecule has 1 unspecified atom stereocenters. The van der Waals surface area contributed by atoms with Crippen molar-refractivity contribution < 1.29 is 36.6 Å². The number of methoxy groups -OCH3 is 1. The number of alkyl halides is 1. The standard InChI is InChI=1S/C19H19F4NO4/c1-8(2)28-19(26)14-9(3)24-13(7-20)16(18(25)27-4)17(14)15-11(22)5-10(21)6-12(15)23/h5-6,8,17,24H,7H2,1-4H3. The topological polar surface area (TPSA) is 64.6 Å². The molecule has 0 aromatic heterocycles. The van der Waals surface area contributed by atoms with Crippen LogP contribution < -0.4 is 5.32 Å². The maximum Gasteiger partial charge on any atom is 0.337 e. The number of ether oxygens (including phenoxy) is 2. The van der Waals surface area contributed by atoms with Gasteiger partial charge in [0.25, 0.3) is 0 Å². The molecule has 28 heavy (non-hydrogen) atoms. The first-order chi connectivity index (χ1) is 13.1. The summed E-state index contributed by atoms with van der Waals surface area (Å²) in [5.41, 5.74) is -1.88. The van der Waals surface area contributed by atoms with E-state index in [1.807, 2.05) is 0 Å². The Morgan fingerprint density at radius 3 is 2.14 bits per heavy atom. The lowest BCUT2D eigenvalue weighted by Crippen LogP contribution is -2.35. The summed E-state index contributed by atoms with van der Waals surface area (Å²) in [7, 11) is 0.997. The minimum absolute atomic E-state index is 0.0408. The zero-order chi connectivity index (χ0) is 21.2. The van der Waals surface area contributed by atoms with Crippen molar-refractivity contribution >= 4 is 11.9 Å². The molecule has 1 aromatic carbocycles. The Balaban J connectivity index is 2.82. The van der Waals surface area contributed by atoms with E-state index in [9.17, 15) is 27.2 Å². The summed E-state index contributed by atoms with van der Waals surface area (Å²) >= 11 is 0. The van der Waals surface area contributed by atoms with Gasteiger partial charge in [-0.2, -0.15) is 0 Å². The minimum Gasteiger partial charge on any atom is -0.466 e. The van der Waals surface area contributed by atoms with Crippen LogP contribution in [0.4, 0.5) is 17.6 Å². The maximum atomic E-state index is 14.6. The Morgan fingerprint density at radius 2 is 1.68 bits per heavy atom. The molecule has 0 saturated carbocycles. The Labute approximate surface area is 159 Å². The average molecular weight is 401 g/mol. The van der Waals surface area contributed by atoms with Gasteiger partial charge < -0.3 is 14.8 Å². The summed E-state index contributed by atoms with van der Waals surface area (Å²) in [5.74, 6) is -7.62. The molecule has 0 amide bonds. The van der Waals surface area contributed by atoms with Gasteiger partial charge in [-0.3, -0.25) is 0 Å². The van der Waals surface area contributed by atoms with Gasteiger partial charge in [0, 0.05) is 23.4 Å². The van der Waals surface area contributed by atoms with Gasteiger partial charge >= 0.3 is 11.9 Å². The summed E-state index contributed by atoms with van der Waals surface area (Å²) in [5, 5.41) is 2.55. The summed E-state index contributed by atoms with van der Waals surface area (Å²) in [6, 6.07) is 0.816. The van der Waals surface area contributed by atoms with Crippen molar-refractivity contribution in [1.82, 2.24) is 5.32 Å². The predicted octanol–water partition coefficient (Wildman–Crippen LogP) is 3.41. The highest BCUT2D eigenvalue weighted by molar-refractivity contribution is 6.00. The molecule has 2 rings (SSSR count). The molecule has 152 valence electrons. The van der Waals surface area contributed by atoms with Gasteiger partial charge in [-0.25, -0.2) is 27.2 Å². The third kappa shape index (κ3) is 4.02. The number of hydrogen-bond acceptors (Lipinski definition) is 5. The minimum atomic E-state index is -1.69. The van der Waals surface area contributed by atoms with Gasteiger partial charge in [-0.1, -0.05) is 0 Å². The lowest BCUT2D eigenvalue weighted by atomic mass is 9.79. The molecule has 0 saturated heterocycles. The number of esters is 2. The van der Waals surface area contributed by atoms with Gasteiger partial charge in [-0.05, 0) is 20.8 Å². The summed E-state index contributed by atoms with van der Waals surface area (Å²) in [6.45, 7) is 3.28. The number of halogens is 4. The van der Waals surface area contributed by atoms with Gasteiger partial charge in [-0.15, -0.1) is 0 Å². The number of dihydropyridines is 1. The highest BCUT2D eigenvalue weighted by atomic mass is 19.1. The van der Waals surface area contributed by atoms with E-state index in [-0.39, 0.29) is 17.0 Å². The molecule has 0 radical (unpaired) electrons. The van der Waals surface area contributed by atoms with E-state index < -0.39 is 59.2 Å². The molecule has 1 aromatic rings. The van der Waals surface area contributed by atoms with E-state index >= 15 is 0 Å². The van der Waals surface area contributed by atoms with Gasteiger partial charge in [0.1, 0.15) is 24.1 Å². The van der Waals surface area contributed by atoms with Crippen molar-refractivity contribution in [2.45, 2.75) is 32.8 Å². The second-order valence-electron chi connectivity index (χ2n) is 6.35. The number of rotatable bonds is 5. The molecule has 5 nitrogen and oxygen atoms in total. The van der Waals surface area contributed by atoms with Crippen LogP contribution in [0.3, 0.4) is 0 Å². The van der Waals surface area contributed by atoms with E-state index in [1.54, 1.807) is 13.8 Å². The molecule has 0 fully saturated rings. The Hall–Kier alpha value is -2.84. The fourth-order valence-corrected chi connectivity index (χ4v) is 3.02. The third-order valence-electron chi connectivity index (χ3n) is 4.08. The van der Waals surface area contributed by atoms with Gasteiger partial charge in [0.15, 0.2) is 0 Å². The van der Waals surface area contributed by atoms with Crippen molar-refractivity contribution in [3.63, 3.8) is 0 Å². The molecule has 1 aliphatic heterocycles. The highest BCUT2D eigenvalue weighted by Gasteiger charge is 2.41. The largest absolute Gasteiger partial charge is 0.466 e. The van der Waals surface area contributed by atoms with Crippen molar-refractivity contribution in [3.05, 3.63) is 57.7 Å². The van der Waals surface area contributed by atoms with E-state index in [1.165, 1.54) is 6.92 Å². The fraction of sp³-hybridized carbons (Fsp3) is 0.368. The zero-order valence-electron chi connectivity index (χ0n) is 15.7. The summed E-state index contributed by atoms with van der Waals surface area (Å²) in [4.78, 5) is 25.0. The predicted molar refractivity (Wildman–Crippen MR) is 91.1 cm³/mol. The smallest absolute Gasteiger partial charge is 0.337 e. The Kier molecular flexibility index (Phi) is 6.48. The van der Waals surface area contributed by atoms with Crippen LogP contribution in [-0.4, -0.2) is 31.8 Å². The molecule has 0 spiro atoms. The van der Waals surface area contributed by atoms with Crippen molar-refractivity contribution in [2.75, 3.05) is 13.8 Å². The van der Waals surface area contributed by atoms with Crippen molar-refractivity contribution in [1.29, 1.82) is 0 Å². The lowest BCUT2D eigenvalue weighted by Gasteiger charge is -2.31. The average Bonchev–Trinajstić information content (AvgIpc) is 2.58. The van der Waals surface area contributed by atoms with Crippen LogP contribution >= 0.6 is 0 Å². The van der Waals surface area contributed by atoms with E-state index in [4.69, 9.17) is 4.74 Å². The van der Waals surface area contributed by atoms with Gasteiger partial charge in [0.05, 0.1) is 36.0 Å². The maximum absolute atomic E-state index is 14.6. The van der Waals surface area contributed by atoms with Crippen molar-refractivity contribution in [3.8, 4) is 0 Å². The first-order valence-corrected chi connectivity index (χ1v) is 8.32. The number of carbonyl (C=O) groups excluding carboxylic acids is 2. The van der Waals surface area contributed by atoms with Crippen LogP contribution in [0, 0.1) is 17.5 Å².